The van der Waals surface area contributed by atoms with E-state index in [2.05, 4.69) is 36.4 Å². The van der Waals surface area contributed by atoms with Crippen molar-refractivity contribution in [1.29, 1.82) is 0 Å². The largest absolute Gasteiger partial charge is 0.305 e. The highest BCUT2D eigenvalue weighted by atomic mass is 79.9. The minimum atomic E-state index is 0.899. The van der Waals surface area contributed by atoms with E-state index in [1.165, 1.54) is 0 Å². The van der Waals surface area contributed by atoms with Gasteiger partial charge in [-0.05, 0) is 50.6 Å². The molecule has 0 aliphatic rings. The van der Waals surface area contributed by atoms with Gasteiger partial charge >= 0.3 is 0 Å². The minimum Gasteiger partial charge on any atom is -0.305 e. The summed E-state index contributed by atoms with van der Waals surface area (Å²) in [6.07, 6.45) is 5.55. The molecule has 0 radical (unpaired) electrons. The maximum Gasteiger partial charge on any atom is 0.143 e. The third-order valence-electron chi connectivity index (χ3n) is 3.17. The Bertz CT molecular complexity index is 912. The first-order chi connectivity index (χ1) is 10.3. The second kappa shape index (κ2) is 4.78. The van der Waals surface area contributed by atoms with Crippen molar-refractivity contribution in [1.82, 2.24) is 29.6 Å². The smallest absolute Gasteiger partial charge is 0.143 e. The van der Waals surface area contributed by atoms with Crippen LogP contribution in [0.5, 0.6) is 0 Å². The van der Waals surface area contributed by atoms with Crippen molar-refractivity contribution in [2.24, 2.45) is 0 Å². The Hall–Kier alpha value is -2.54. The molecule has 0 spiro atoms. The molecular formula is C14H9BrN6. The number of rotatable bonds is 2. The van der Waals surface area contributed by atoms with Gasteiger partial charge < -0.3 is 4.40 Å². The quantitative estimate of drug-likeness (QED) is 0.563. The van der Waals surface area contributed by atoms with Gasteiger partial charge in [-0.1, -0.05) is 12.1 Å². The Kier molecular flexibility index (Phi) is 2.78. The topological polar surface area (TPSA) is 60.9 Å². The molecule has 4 rings (SSSR count). The number of tetrazole rings is 1. The molecule has 4 aromatic rings. The van der Waals surface area contributed by atoms with Gasteiger partial charge in [0.25, 0.3) is 0 Å². The van der Waals surface area contributed by atoms with Crippen LogP contribution in [0, 0.1) is 0 Å². The predicted octanol–water partition coefficient (Wildman–Crippen LogP) is 2.74. The van der Waals surface area contributed by atoms with Crippen LogP contribution in [0.1, 0.15) is 0 Å². The van der Waals surface area contributed by atoms with Gasteiger partial charge in [-0.15, -0.1) is 5.10 Å². The van der Waals surface area contributed by atoms with Crippen molar-refractivity contribution < 1.29 is 0 Å². The van der Waals surface area contributed by atoms with Gasteiger partial charge in [0.15, 0.2) is 0 Å². The molecule has 6 nitrogen and oxygen atoms in total. The standard InChI is InChI=1S/C14H9BrN6/c15-11-4-5-14-17-13(8-20(14)7-11)10-2-1-3-12(6-10)21-9-16-18-19-21/h1-9H. The average Bonchev–Trinajstić information content (AvgIpc) is 3.16. The van der Waals surface area contributed by atoms with E-state index in [1.807, 2.05) is 53.2 Å². The van der Waals surface area contributed by atoms with Crippen molar-refractivity contribution in [2.45, 2.75) is 0 Å². The second-order valence-corrected chi connectivity index (χ2v) is 5.46. The number of benzene rings is 1. The normalized spacial score (nSPS) is 11.1. The fraction of sp³-hybridized carbons (Fsp3) is 0. The summed E-state index contributed by atoms with van der Waals surface area (Å²) in [7, 11) is 0. The average molecular weight is 341 g/mol. The molecule has 0 saturated heterocycles. The van der Waals surface area contributed by atoms with E-state index in [1.54, 1.807) is 11.0 Å². The van der Waals surface area contributed by atoms with Crippen LogP contribution >= 0.6 is 15.9 Å². The lowest BCUT2D eigenvalue weighted by Gasteiger charge is -2.01. The van der Waals surface area contributed by atoms with Crippen molar-refractivity contribution >= 4 is 21.6 Å². The van der Waals surface area contributed by atoms with Gasteiger partial charge in [0.1, 0.15) is 12.0 Å². The first kappa shape index (κ1) is 12.2. The highest BCUT2D eigenvalue weighted by Gasteiger charge is 2.06. The maximum absolute atomic E-state index is 4.63. The Morgan fingerprint density at radius 1 is 1.05 bits per heavy atom. The maximum atomic E-state index is 4.63. The zero-order chi connectivity index (χ0) is 14.2. The SMILES string of the molecule is Brc1ccc2nc(-c3cccc(-n4cnnn4)c3)cn2c1. The lowest BCUT2D eigenvalue weighted by atomic mass is 10.1. The summed E-state index contributed by atoms with van der Waals surface area (Å²) in [6, 6.07) is 11.9. The molecule has 0 saturated carbocycles. The van der Waals surface area contributed by atoms with E-state index in [0.717, 1.165) is 27.1 Å². The summed E-state index contributed by atoms with van der Waals surface area (Å²) in [6.45, 7) is 0. The lowest BCUT2D eigenvalue weighted by Crippen LogP contribution is -1.95. The number of imidazole rings is 1. The number of hydrogen-bond acceptors (Lipinski definition) is 4. The van der Waals surface area contributed by atoms with Crippen LogP contribution in [-0.4, -0.2) is 29.6 Å². The van der Waals surface area contributed by atoms with Crippen LogP contribution in [0.2, 0.25) is 0 Å². The number of halogens is 1. The van der Waals surface area contributed by atoms with Crippen molar-refractivity contribution in [3.63, 3.8) is 0 Å². The molecule has 0 unspecified atom stereocenters. The molecule has 3 aromatic heterocycles. The third-order valence-corrected chi connectivity index (χ3v) is 3.64. The van der Waals surface area contributed by atoms with Gasteiger partial charge in [0, 0.05) is 22.4 Å². The number of aromatic nitrogens is 6. The van der Waals surface area contributed by atoms with Gasteiger partial charge in [-0.3, -0.25) is 0 Å². The first-order valence-corrected chi connectivity index (χ1v) is 7.07. The zero-order valence-electron chi connectivity index (χ0n) is 10.8. The number of pyridine rings is 1. The van der Waals surface area contributed by atoms with Crippen LogP contribution in [0.4, 0.5) is 0 Å². The van der Waals surface area contributed by atoms with Crippen molar-refractivity contribution in [3.8, 4) is 16.9 Å². The van der Waals surface area contributed by atoms with Gasteiger partial charge in [-0.25, -0.2) is 9.67 Å². The second-order valence-electron chi connectivity index (χ2n) is 4.54. The molecule has 0 aliphatic heterocycles. The molecule has 3 heterocycles. The molecular weight excluding hydrogens is 332 g/mol. The number of hydrogen-bond donors (Lipinski definition) is 0. The van der Waals surface area contributed by atoms with E-state index in [9.17, 15) is 0 Å². The summed E-state index contributed by atoms with van der Waals surface area (Å²) in [5.41, 5.74) is 3.72. The molecule has 102 valence electrons. The lowest BCUT2D eigenvalue weighted by molar-refractivity contribution is 0.789. The van der Waals surface area contributed by atoms with Gasteiger partial charge in [0.2, 0.25) is 0 Å². The Morgan fingerprint density at radius 3 is 2.86 bits per heavy atom. The monoisotopic (exact) mass is 340 g/mol. The molecule has 0 N–H and O–H groups in total. The molecule has 0 bridgehead atoms. The Balaban J connectivity index is 1.83. The molecule has 7 heteroatoms. The minimum absolute atomic E-state index is 0.899. The van der Waals surface area contributed by atoms with E-state index in [4.69, 9.17) is 0 Å². The summed E-state index contributed by atoms with van der Waals surface area (Å²) < 4.78 is 4.63. The van der Waals surface area contributed by atoms with Crippen molar-refractivity contribution in [3.05, 3.63) is 59.6 Å². The molecule has 0 fully saturated rings. The Labute approximate surface area is 128 Å². The first-order valence-electron chi connectivity index (χ1n) is 6.28. The molecule has 0 aliphatic carbocycles. The van der Waals surface area contributed by atoms with E-state index in [-0.39, 0.29) is 0 Å². The Morgan fingerprint density at radius 2 is 2.00 bits per heavy atom. The number of nitrogens with zero attached hydrogens (tertiary/aromatic N) is 6. The van der Waals surface area contributed by atoms with Crippen LogP contribution in [-0.2, 0) is 0 Å². The summed E-state index contributed by atoms with van der Waals surface area (Å²) in [4.78, 5) is 4.63. The van der Waals surface area contributed by atoms with Crippen LogP contribution < -0.4 is 0 Å². The fourth-order valence-corrected chi connectivity index (χ4v) is 2.54. The van der Waals surface area contributed by atoms with E-state index < -0.39 is 0 Å². The van der Waals surface area contributed by atoms with Crippen LogP contribution in [0.25, 0.3) is 22.6 Å². The van der Waals surface area contributed by atoms with Gasteiger partial charge in [0.05, 0.1) is 11.4 Å². The highest BCUT2D eigenvalue weighted by Crippen LogP contribution is 2.22. The highest BCUT2D eigenvalue weighted by molar-refractivity contribution is 9.10. The fourth-order valence-electron chi connectivity index (χ4n) is 2.19. The third kappa shape index (κ3) is 2.21. The van der Waals surface area contributed by atoms with Gasteiger partial charge in [-0.2, -0.15) is 0 Å². The summed E-state index contributed by atoms with van der Waals surface area (Å²) in [5, 5.41) is 11.2. The number of fused-ring (bicyclic) bond motifs is 1. The van der Waals surface area contributed by atoms with Crippen molar-refractivity contribution in [2.75, 3.05) is 0 Å². The van der Waals surface area contributed by atoms with Crippen LogP contribution in [0.3, 0.4) is 0 Å². The van der Waals surface area contributed by atoms with E-state index in [0.29, 0.717) is 0 Å². The van der Waals surface area contributed by atoms with E-state index >= 15 is 0 Å². The summed E-state index contributed by atoms with van der Waals surface area (Å²) in [5.74, 6) is 0. The molecule has 0 atom stereocenters. The predicted molar refractivity (Wildman–Crippen MR) is 81.0 cm³/mol. The molecule has 1 aromatic carbocycles. The molecule has 0 amide bonds. The van der Waals surface area contributed by atoms with Crippen LogP contribution in [0.15, 0.2) is 59.6 Å². The zero-order valence-corrected chi connectivity index (χ0v) is 12.3. The summed E-state index contributed by atoms with van der Waals surface area (Å²) >= 11 is 3.46. The molecule has 21 heavy (non-hydrogen) atoms.